The van der Waals surface area contributed by atoms with Crippen LogP contribution in [0.4, 0.5) is 8.78 Å². The molecule has 1 aromatic carbocycles. The summed E-state index contributed by atoms with van der Waals surface area (Å²) in [4.78, 5) is 8.44. The van der Waals surface area contributed by atoms with E-state index in [0.717, 1.165) is 11.9 Å². The van der Waals surface area contributed by atoms with E-state index < -0.39 is 17.0 Å². The van der Waals surface area contributed by atoms with Gasteiger partial charge in [-0.1, -0.05) is 0 Å². The third kappa shape index (κ3) is 2.40. The van der Waals surface area contributed by atoms with Crippen molar-refractivity contribution in [3.8, 4) is 0 Å². The second kappa shape index (κ2) is 5.11. The second-order valence-corrected chi connectivity index (χ2v) is 5.54. The molecule has 0 aliphatic carbocycles. The van der Waals surface area contributed by atoms with Gasteiger partial charge < -0.3 is 9.13 Å². The maximum Gasteiger partial charge on any atom is 0.153 e. The van der Waals surface area contributed by atoms with Crippen LogP contribution in [0.5, 0.6) is 0 Å². The Kier molecular flexibility index (Phi) is 3.41. The van der Waals surface area contributed by atoms with Crippen LogP contribution in [0.15, 0.2) is 24.5 Å². The SMILES string of the molecule is CC(Cl)c1nc2c(F)cc(F)cc2n1Cc1nccn1C. The van der Waals surface area contributed by atoms with Gasteiger partial charge in [0.15, 0.2) is 5.82 Å². The molecule has 2 aromatic heterocycles. The van der Waals surface area contributed by atoms with Gasteiger partial charge in [0.1, 0.15) is 23.0 Å². The predicted octanol–water partition coefficient (Wildman–Crippen LogP) is 3.40. The van der Waals surface area contributed by atoms with Crippen molar-refractivity contribution in [1.82, 2.24) is 19.1 Å². The number of fused-ring (bicyclic) bond motifs is 1. The van der Waals surface area contributed by atoms with Gasteiger partial charge >= 0.3 is 0 Å². The van der Waals surface area contributed by atoms with Crippen molar-refractivity contribution < 1.29 is 8.78 Å². The number of alkyl halides is 1. The fraction of sp³-hybridized carbons (Fsp3) is 0.286. The van der Waals surface area contributed by atoms with Gasteiger partial charge in [-0.2, -0.15) is 0 Å². The van der Waals surface area contributed by atoms with Crippen LogP contribution in [0.3, 0.4) is 0 Å². The van der Waals surface area contributed by atoms with Crippen LogP contribution in [0.2, 0.25) is 0 Å². The molecule has 0 radical (unpaired) electrons. The van der Waals surface area contributed by atoms with E-state index in [9.17, 15) is 8.78 Å². The van der Waals surface area contributed by atoms with Gasteiger partial charge in [0.25, 0.3) is 0 Å². The number of hydrogen-bond donors (Lipinski definition) is 0. The molecule has 0 amide bonds. The monoisotopic (exact) mass is 310 g/mol. The molecule has 21 heavy (non-hydrogen) atoms. The minimum Gasteiger partial charge on any atom is -0.337 e. The third-order valence-corrected chi connectivity index (χ3v) is 3.57. The summed E-state index contributed by atoms with van der Waals surface area (Å²) in [6, 6.07) is 2.08. The van der Waals surface area contributed by atoms with Crippen molar-refractivity contribution in [3.05, 3.63) is 47.8 Å². The molecule has 0 aliphatic heterocycles. The summed E-state index contributed by atoms with van der Waals surface area (Å²) in [5, 5.41) is -0.430. The van der Waals surface area contributed by atoms with Gasteiger partial charge in [0.2, 0.25) is 0 Å². The van der Waals surface area contributed by atoms with Crippen molar-refractivity contribution in [3.63, 3.8) is 0 Å². The quantitative estimate of drug-likeness (QED) is 0.695. The maximum absolute atomic E-state index is 13.9. The molecule has 110 valence electrons. The highest BCUT2D eigenvalue weighted by atomic mass is 35.5. The normalized spacial score (nSPS) is 13.0. The summed E-state index contributed by atoms with van der Waals surface area (Å²) in [7, 11) is 1.85. The van der Waals surface area contributed by atoms with Crippen LogP contribution in [0.1, 0.15) is 23.9 Å². The number of halogens is 3. The summed E-state index contributed by atoms with van der Waals surface area (Å²) in [5.74, 6) is -0.103. The number of rotatable bonds is 3. The molecular formula is C14H13ClF2N4. The van der Waals surface area contributed by atoms with Gasteiger partial charge in [-0.3, -0.25) is 0 Å². The average Bonchev–Trinajstić information content (AvgIpc) is 2.96. The molecule has 0 fully saturated rings. The number of hydrogen-bond acceptors (Lipinski definition) is 2. The Balaban J connectivity index is 2.23. The molecule has 0 saturated heterocycles. The van der Waals surface area contributed by atoms with Crippen molar-refractivity contribution in [2.24, 2.45) is 7.05 Å². The van der Waals surface area contributed by atoms with Crippen LogP contribution in [0, 0.1) is 11.6 Å². The molecule has 0 bridgehead atoms. The van der Waals surface area contributed by atoms with Gasteiger partial charge in [-0.25, -0.2) is 18.7 Å². The Morgan fingerprint density at radius 3 is 2.71 bits per heavy atom. The molecule has 3 aromatic rings. The van der Waals surface area contributed by atoms with Crippen molar-refractivity contribution in [2.75, 3.05) is 0 Å². The fourth-order valence-electron chi connectivity index (χ4n) is 2.33. The van der Waals surface area contributed by atoms with Gasteiger partial charge in [-0.05, 0) is 13.0 Å². The van der Waals surface area contributed by atoms with Crippen LogP contribution in [-0.2, 0) is 13.6 Å². The number of aromatic nitrogens is 4. The summed E-state index contributed by atoms with van der Waals surface area (Å²) < 4.78 is 30.9. The Morgan fingerprint density at radius 1 is 1.33 bits per heavy atom. The molecular weight excluding hydrogens is 298 g/mol. The second-order valence-electron chi connectivity index (χ2n) is 4.88. The molecule has 0 aliphatic rings. The minimum absolute atomic E-state index is 0.119. The summed E-state index contributed by atoms with van der Waals surface area (Å²) in [5.41, 5.74) is 0.492. The highest BCUT2D eigenvalue weighted by Crippen LogP contribution is 2.27. The van der Waals surface area contributed by atoms with Crippen LogP contribution >= 0.6 is 11.6 Å². The van der Waals surface area contributed by atoms with Crippen molar-refractivity contribution in [1.29, 1.82) is 0 Å². The van der Waals surface area contributed by atoms with Crippen LogP contribution in [-0.4, -0.2) is 19.1 Å². The zero-order valence-corrected chi connectivity index (χ0v) is 12.3. The highest BCUT2D eigenvalue weighted by Gasteiger charge is 2.19. The Labute approximate surface area is 125 Å². The topological polar surface area (TPSA) is 35.6 Å². The number of aryl methyl sites for hydroxylation is 1. The molecule has 2 heterocycles. The van der Waals surface area contributed by atoms with E-state index in [2.05, 4.69) is 9.97 Å². The summed E-state index contributed by atoms with van der Waals surface area (Å²) in [6.45, 7) is 2.08. The van der Waals surface area contributed by atoms with Crippen LogP contribution < -0.4 is 0 Å². The summed E-state index contributed by atoms with van der Waals surface area (Å²) >= 11 is 6.13. The Bertz CT molecular complexity index is 807. The van der Waals surface area contributed by atoms with E-state index in [4.69, 9.17) is 11.6 Å². The minimum atomic E-state index is -0.692. The zero-order chi connectivity index (χ0) is 15.1. The number of benzene rings is 1. The first-order valence-corrected chi connectivity index (χ1v) is 6.86. The Morgan fingerprint density at radius 2 is 2.10 bits per heavy atom. The van der Waals surface area contributed by atoms with Gasteiger partial charge in [0.05, 0.1) is 17.4 Å². The largest absolute Gasteiger partial charge is 0.337 e. The molecule has 7 heteroatoms. The standard InChI is InChI=1S/C14H13ClF2N4/c1-8(15)14-19-13-10(17)5-9(16)6-11(13)21(14)7-12-18-3-4-20(12)2/h3-6,8H,7H2,1-2H3. The lowest BCUT2D eigenvalue weighted by molar-refractivity contribution is 0.590. The average molecular weight is 311 g/mol. The third-order valence-electron chi connectivity index (χ3n) is 3.38. The molecule has 4 nitrogen and oxygen atoms in total. The van der Waals surface area contributed by atoms with Gasteiger partial charge in [-0.15, -0.1) is 11.6 Å². The van der Waals surface area contributed by atoms with E-state index in [1.165, 1.54) is 6.07 Å². The van der Waals surface area contributed by atoms with Gasteiger partial charge in [0, 0.05) is 25.5 Å². The number of nitrogens with zero attached hydrogens (tertiary/aromatic N) is 4. The Hall–Kier alpha value is -1.95. The molecule has 0 N–H and O–H groups in total. The molecule has 0 saturated carbocycles. The fourth-order valence-corrected chi connectivity index (χ4v) is 2.49. The smallest absolute Gasteiger partial charge is 0.153 e. The van der Waals surface area contributed by atoms with E-state index in [1.807, 2.05) is 11.6 Å². The molecule has 3 rings (SSSR count). The zero-order valence-electron chi connectivity index (χ0n) is 11.5. The summed E-state index contributed by atoms with van der Waals surface area (Å²) in [6.07, 6.45) is 3.47. The van der Waals surface area contributed by atoms with Crippen LogP contribution in [0.25, 0.3) is 11.0 Å². The first-order chi connectivity index (χ1) is 9.97. The van der Waals surface area contributed by atoms with Crippen molar-refractivity contribution in [2.45, 2.75) is 18.8 Å². The van der Waals surface area contributed by atoms with E-state index >= 15 is 0 Å². The highest BCUT2D eigenvalue weighted by molar-refractivity contribution is 6.20. The first kappa shape index (κ1) is 14.0. The van der Waals surface area contributed by atoms with E-state index in [0.29, 0.717) is 17.9 Å². The first-order valence-electron chi connectivity index (χ1n) is 6.43. The van der Waals surface area contributed by atoms with Crippen molar-refractivity contribution >= 4 is 22.6 Å². The van der Waals surface area contributed by atoms with E-state index in [1.54, 1.807) is 23.9 Å². The molecule has 1 unspecified atom stereocenters. The lowest BCUT2D eigenvalue weighted by atomic mass is 10.3. The number of imidazole rings is 2. The molecule has 0 spiro atoms. The predicted molar refractivity (Wildman–Crippen MR) is 76.2 cm³/mol. The molecule has 1 atom stereocenters. The van der Waals surface area contributed by atoms with E-state index in [-0.39, 0.29) is 5.52 Å². The lowest BCUT2D eigenvalue weighted by Crippen LogP contribution is -2.09. The lowest BCUT2D eigenvalue weighted by Gasteiger charge is -2.10. The maximum atomic E-state index is 13.9.